The minimum Gasteiger partial charge on any atom is -0.493 e. The van der Waals surface area contributed by atoms with E-state index >= 15 is 0 Å². The zero-order valence-corrected chi connectivity index (χ0v) is 21.0. The molecule has 1 heterocycles. The maximum atomic E-state index is 13.2. The van der Waals surface area contributed by atoms with Gasteiger partial charge in [-0.25, -0.2) is 13.9 Å². The Morgan fingerprint density at radius 3 is 2.53 bits per heavy atom. The minimum atomic E-state index is -0.190. The minimum absolute atomic E-state index is 0.0138. The molecule has 1 aliphatic rings. The van der Waals surface area contributed by atoms with E-state index in [4.69, 9.17) is 14.2 Å². The Kier molecular flexibility index (Phi) is 7.44. The summed E-state index contributed by atoms with van der Waals surface area (Å²) in [4.78, 5) is 13.2. The molecular weight excluding hydrogens is 428 g/mol. The number of carbonyl (C=O) groups excluding carboxylic acids is 1. The summed E-state index contributed by atoms with van der Waals surface area (Å²) in [6.07, 6.45) is 3.26. The molecule has 3 atom stereocenters. The summed E-state index contributed by atoms with van der Waals surface area (Å²) in [5, 5.41) is 0. The number of rotatable bonds is 8. The van der Waals surface area contributed by atoms with Crippen LogP contribution in [0, 0.1) is 17.8 Å². The van der Waals surface area contributed by atoms with Crippen LogP contribution in [0.2, 0.25) is 0 Å². The number of fused-ring (bicyclic) bond motifs is 1. The van der Waals surface area contributed by atoms with Gasteiger partial charge in [0, 0.05) is 0 Å². The molecule has 0 unspecified atom stereocenters. The molecular formula is C28H37N2O4+. The van der Waals surface area contributed by atoms with Gasteiger partial charge in [0.15, 0.2) is 35.7 Å². The Bertz CT molecular complexity index is 1140. The van der Waals surface area contributed by atoms with Crippen molar-refractivity contribution in [2.45, 2.75) is 59.3 Å². The van der Waals surface area contributed by atoms with Crippen molar-refractivity contribution < 1.29 is 23.6 Å². The molecule has 2 aromatic carbocycles. The van der Waals surface area contributed by atoms with E-state index in [0.717, 1.165) is 29.7 Å². The lowest BCUT2D eigenvalue weighted by Gasteiger charge is -2.36. The zero-order valence-electron chi connectivity index (χ0n) is 21.0. The molecule has 1 fully saturated rings. The number of aromatic nitrogens is 2. The van der Waals surface area contributed by atoms with Crippen molar-refractivity contribution in [3.63, 3.8) is 0 Å². The number of methoxy groups -OCH3 is 1. The molecule has 3 aromatic rings. The topological polar surface area (TPSA) is 53.6 Å². The number of hydrogen-bond acceptors (Lipinski definition) is 4. The monoisotopic (exact) mass is 465 g/mol. The molecule has 0 amide bonds. The Balaban J connectivity index is 1.58. The highest BCUT2D eigenvalue weighted by atomic mass is 16.5. The number of esters is 1. The molecule has 1 aromatic heterocycles. The molecule has 0 bridgehead atoms. The molecule has 1 saturated carbocycles. The standard InChI is InChI=1S/C28H37N2O4/c1-19(2)21-15-14-20(3)16-26(21)34-28(31)17-30-23-11-7-6-10-22(23)29(4)27(30)18-33-25-13-9-8-12-24(25)32-5/h6-13,19-21,26H,14-18H2,1-5H3/q+1/t20-,21-,26-/m1/s1. The summed E-state index contributed by atoms with van der Waals surface area (Å²) < 4.78 is 21.8. The third-order valence-electron chi connectivity index (χ3n) is 7.19. The summed E-state index contributed by atoms with van der Waals surface area (Å²) in [5.74, 6) is 3.55. The fourth-order valence-electron chi connectivity index (χ4n) is 5.25. The number of imidazole rings is 1. The maximum Gasteiger partial charge on any atom is 0.348 e. The molecule has 0 N–H and O–H groups in total. The number of carbonyl (C=O) groups is 1. The van der Waals surface area contributed by atoms with Crippen molar-refractivity contribution in [1.29, 1.82) is 0 Å². The second-order valence-corrected chi connectivity index (χ2v) is 9.84. The smallest absolute Gasteiger partial charge is 0.348 e. The fourth-order valence-corrected chi connectivity index (χ4v) is 5.25. The lowest BCUT2D eigenvalue weighted by molar-refractivity contribution is -0.655. The third-order valence-corrected chi connectivity index (χ3v) is 7.19. The lowest BCUT2D eigenvalue weighted by atomic mass is 9.75. The number of benzene rings is 2. The van der Waals surface area contributed by atoms with E-state index < -0.39 is 0 Å². The van der Waals surface area contributed by atoms with Crippen LogP contribution in [0.1, 0.15) is 45.9 Å². The van der Waals surface area contributed by atoms with Gasteiger partial charge in [-0.3, -0.25) is 0 Å². The Morgan fingerprint density at radius 2 is 1.79 bits per heavy atom. The summed E-state index contributed by atoms with van der Waals surface area (Å²) in [7, 11) is 3.63. The molecule has 6 nitrogen and oxygen atoms in total. The van der Waals surface area contributed by atoms with Crippen LogP contribution in [-0.2, 0) is 29.7 Å². The van der Waals surface area contributed by atoms with Gasteiger partial charge in [-0.2, -0.15) is 0 Å². The van der Waals surface area contributed by atoms with E-state index in [1.807, 2.05) is 54.1 Å². The van der Waals surface area contributed by atoms with Gasteiger partial charge in [0.2, 0.25) is 0 Å². The van der Waals surface area contributed by atoms with Crippen LogP contribution in [0.15, 0.2) is 48.5 Å². The Hall–Kier alpha value is -3.02. The number of nitrogens with zero attached hydrogens (tertiary/aromatic N) is 2. The van der Waals surface area contributed by atoms with Crippen molar-refractivity contribution in [3.05, 3.63) is 54.4 Å². The van der Waals surface area contributed by atoms with Gasteiger partial charge in [0.1, 0.15) is 6.10 Å². The van der Waals surface area contributed by atoms with Crippen LogP contribution >= 0.6 is 0 Å². The average molecular weight is 466 g/mol. The van der Waals surface area contributed by atoms with Crippen molar-refractivity contribution in [2.24, 2.45) is 24.8 Å². The van der Waals surface area contributed by atoms with Crippen LogP contribution in [0.5, 0.6) is 11.5 Å². The molecule has 6 heteroatoms. The summed E-state index contributed by atoms with van der Waals surface area (Å²) >= 11 is 0. The molecule has 182 valence electrons. The Morgan fingerprint density at radius 1 is 1.09 bits per heavy atom. The highest BCUT2D eigenvalue weighted by molar-refractivity contribution is 5.76. The predicted octanol–water partition coefficient (Wildman–Crippen LogP) is 5.06. The number of hydrogen-bond donors (Lipinski definition) is 0. The first-order valence-corrected chi connectivity index (χ1v) is 12.3. The number of para-hydroxylation sites is 4. The van der Waals surface area contributed by atoms with Crippen LogP contribution in [0.4, 0.5) is 0 Å². The third kappa shape index (κ3) is 5.06. The predicted molar refractivity (Wildman–Crippen MR) is 132 cm³/mol. The number of aryl methyl sites for hydroxylation is 1. The van der Waals surface area contributed by atoms with Crippen LogP contribution in [-0.4, -0.2) is 23.8 Å². The molecule has 0 aliphatic heterocycles. The van der Waals surface area contributed by atoms with E-state index in [9.17, 15) is 4.79 Å². The molecule has 0 spiro atoms. The number of ether oxygens (including phenoxy) is 3. The summed E-state index contributed by atoms with van der Waals surface area (Å²) in [6.45, 7) is 7.17. The molecule has 4 rings (SSSR count). The highest BCUT2D eigenvalue weighted by Crippen LogP contribution is 2.35. The molecule has 1 aliphatic carbocycles. The maximum absolute atomic E-state index is 13.2. The second kappa shape index (κ2) is 10.5. The normalized spacial score (nSPS) is 20.5. The van der Waals surface area contributed by atoms with Crippen molar-refractivity contribution in [2.75, 3.05) is 7.11 Å². The van der Waals surface area contributed by atoms with Crippen molar-refractivity contribution in [1.82, 2.24) is 4.57 Å². The van der Waals surface area contributed by atoms with Crippen LogP contribution in [0.3, 0.4) is 0 Å². The first-order chi connectivity index (χ1) is 16.4. The van der Waals surface area contributed by atoms with Gasteiger partial charge < -0.3 is 14.2 Å². The summed E-state index contributed by atoms with van der Waals surface area (Å²) in [5.41, 5.74) is 2.03. The summed E-state index contributed by atoms with van der Waals surface area (Å²) in [6, 6.07) is 15.7. The second-order valence-electron chi connectivity index (χ2n) is 9.84. The molecule has 0 radical (unpaired) electrons. The van der Waals surface area contributed by atoms with Crippen molar-refractivity contribution in [3.8, 4) is 11.5 Å². The first-order valence-electron chi connectivity index (χ1n) is 12.3. The fraction of sp³-hybridized carbons (Fsp3) is 0.500. The van der Waals surface area contributed by atoms with Crippen LogP contribution < -0.4 is 14.0 Å². The van der Waals surface area contributed by atoms with Gasteiger partial charge in [-0.05, 0) is 54.9 Å². The van der Waals surface area contributed by atoms with Gasteiger partial charge >= 0.3 is 5.97 Å². The van der Waals surface area contributed by atoms with E-state index in [1.165, 1.54) is 6.42 Å². The highest BCUT2D eigenvalue weighted by Gasteiger charge is 2.34. The van der Waals surface area contributed by atoms with E-state index in [1.54, 1.807) is 7.11 Å². The molecule has 34 heavy (non-hydrogen) atoms. The average Bonchev–Trinajstić information content (AvgIpc) is 3.08. The SMILES string of the molecule is COc1ccccc1OCc1n(CC(=O)O[C@@H]2C[C@H](C)CC[C@@H]2C(C)C)c2ccccc2[n+]1C. The van der Waals surface area contributed by atoms with Gasteiger partial charge in [0.05, 0.1) is 14.2 Å². The van der Waals surface area contributed by atoms with E-state index in [0.29, 0.717) is 35.9 Å². The van der Waals surface area contributed by atoms with Crippen LogP contribution in [0.25, 0.3) is 11.0 Å². The Labute approximate surface area is 202 Å². The van der Waals surface area contributed by atoms with E-state index in [-0.39, 0.29) is 18.6 Å². The van der Waals surface area contributed by atoms with E-state index in [2.05, 4.69) is 31.4 Å². The zero-order chi connectivity index (χ0) is 24.2. The lowest BCUT2D eigenvalue weighted by Crippen LogP contribution is -2.37. The largest absolute Gasteiger partial charge is 0.493 e. The first kappa shape index (κ1) is 24.1. The van der Waals surface area contributed by atoms with Gasteiger partial charge in [-0.15, -0.1) is 0 Å². The molecule has 0 saturated heterocycles. The van der Waals surface area contributed by atoms with Gasteiger partial charge in [-0.1, -0.05) is 51.5 Å². The quantitative estimate of drug-likeness (QED) is 0.345. The van der Waals surface area contributed by atoms with Crippen molar-refractivity contribution >= 4 is 17.0 Å². The van der Waals surface area contributed by atoms with Gasteiger partial charge in [0.25, 0.3) is 5.82 Å².